The monoisotopic (exact) mass is 377 g/mol. The summed E-state index contributed by atoms with van der Waals surface area (Å²) in [5.74, 6) is 2.48. The zero-order chi connectivity index (χ0) is 19.6. The molecular formula is C23H23NO4. The first-order chi connectivity index (χ1) is 13.4. The van der Waals surface area contributed by atoms with Crippen molar-refractivity contribution in [2.45, 2.75) is 32.3 Å². The Morgan fingerprint density at radius 1 is 1.21 bits per heavy atom. The molecule has 0 saturated heterocycles. The van der Waals surface area contributed by atoms with E-state index in [1.165, 1.54) is 0 Å². The van der Waals surface area contributed by atoms with Crippen molar-refractivity contribution in [3.8, 4) is 17.2 Å². The summed E-state index contributed by atoms with van der Waals surface area (Å²) in [7, 11) is 1.64. The number of nitrogens with zero attached hydrogens (tertiary/aromatic N) is 1. The number of para-hydroxylation sites is 1. The van der Waals surface area contributed by atoms with Gasteiger partial charge in [-0.3, -0.25) is 9.36 Å². The molecule has 3 aromatic rings. The second kappa shape index (κ2) is 5.77. The van der Waals surface area contributed by atoms with Gasteiger partial charge in [0.25, 0.3) is 0 Å². The lowest BCUT2D eigenvalue weighted by Crippen LogP contribution is -2.49. The molecule has 5 heteroatoms. The van der Waals surface area contributed by atoms with Gasteiger partial charge in [0.1, 0.15) is 22.8 Å². The number of hydrogen-bond acceptors (Lipinski definition) is 4. The summed E-state index contributed by atoms with van der Waals surface area (Å²) < 4.78 is 19.8. The maximum Gasteiger partial charge on any atom is 0.228 e. The molecular weight excluding hydrogens is 354 g/mol. The van der Waals surface area contributed by atoms with Crippen LogP contribution in [0.3, 0.4) is 0 Å². The molecule has 2 aliphatic rings. The summed E-state index contributed by atoms with van der Waals surface area (Å²) in [6, 6.07) is 13.9. The number of benzene rings is 2. The van der Waals surface area contributed by atoms with Gasteiger partial charge in [-0.25, -0.2) is 0 Å². The molecule has 0 amide bonds. The molecule has 144 valence electrons. The molecule has 2 atom stereocenters. The van der Waals surface area contributed by atoms with Crippen LogP contribution in [0.4, 0.5) is 0 Å². The minimum Gasteiger partial charge on any atom is -0.497 e. The highest BCUT2D eigenvalue weighted by Gasteiger charge is 2.50. The van der Waals surface area contributed by atoms with Crippen molar-refractivity contribution in [3.63, 3.8) is 0 Å². The molecule has 0 aliphatic carbocycles. The molecule has 0 radical (unpaired) electrons. The molecule has 28 heavy (non-hydrogen) atoms. The third kappa shape index (κ3) is 2.22. The largest absolute Gasteiger partial charge is 0.497 e. The van der Waals surface area contributed by atoms with Crippen LogP contribution in [0.2, 0.25) is 0 Å². The van der Waals surface area contributed by atoms with Crippen LogP contribution in [0.1, 0.15) is 42.7 Å². The Hall–Kier alpha value is -2.95. The minimum atomic E-state index is -0.440. The van der Waals surface area contributed by atoms with Gasteiger partial charge >= 0.3 is 0 Å². The van der Waals surface area contributed by atoms with E-state index < -0.39 is 5.60 Å². The van der Waals surface area contributed by atoms with Crippen LogP contribution in [-0.4, -0.2) is 29.8 Å². The molecule has 0 N–H and O–H groups in total. The lowest BCUT2D eigenvalue weighted by Gasteiger charge is -2.46. The molecule has 0 saturated carbocycles. The van der Waals surface area contributed by atoms with Gasteiger partial charge < -0.3 is 14.2 Å². The van der Waals surface area contributed by atoms with Crippen molar-refractivity contribution in [3.05, 3.63) is 53.7 Å². The van der Waals surface area contributed by atoms with E-state index in [9.17, 15) is 4.79 Å². The summed E-state index contributed by atoms with van der Waals surface area (Å²) in [5, 5.41) is 0.903. The number of methoxy groups -OCH3 is 1. The molecule has 2 aliphatic heterocycles. The van der Waals surface area contributed by atoms with Crippen LogP contribution in [0.15, 0.2) is 42.5 Å². The predicted octanol–water partition coefficient (Wildman–Crippen LogP) is 4.62. The average Bonchev–Trinajstić information content (AvgIpc) is 3.00. The van der Waals surface area contributed by atoms with E-state index in [0.717, 1.165) is 39.4 Å². The van der Waals surface area contributed by atoms with Gasteiger partial charge in [0.2, 0.25) is 5.91 Å². The maximum absolute atomic E-state index is 12.7. The van der Waals surface area contributed by atoms with Gasteiger partial charge in [0.15, 0.2) is 0 Å². The summed E-state index contributed by atoms with van der Waals surface area (Å²) in [6.45, 7) is 6.35. The van der Waals surface area contributed by atoms with Crippen molar-refractivity contribution in [2.24, 2.45) is 5.92 Å². The number of aromatic nitrogens is 1. The van der Waals surface area contributed by atoms with Gasteiger partial charge in [-0.1, -0.05) is 18.2 Å². The van der Waals surface area contributed by atoms with E-state index in [-0.39, 0.29) is 17.7 Å². The Morgan fingerprint density at radius 2 is 2.00 bits per heavy atom. The second-order valence-electron chi connectivity index (χ2n) is 8.09. The van der Waals surface area contributed by atoms with E-state index in [0.29, 0.717) is 6.61 Å². The quantitative estimate of drug-likeness (QED) is 0.621. The van der Waals surface area contributed by atoms with E-state index in [1.807, 2.05) is 36.4 Å². The summed E-state index contributed by atoms with van der Waals surface area (Å²) in [6.07, 6.45) is 0. The Balaban J connectivity index is 1.89. The number of rotatable bonds is 1. The van der Waals surface area contributed by atoms with Crippen LogP contribution in [0.25, 0.3) is 10.9 Å². The SMILES string of the molecule is COc1ccc2c(c1)c1c(n2C(C)=O)[C@@H]2c3ccccc3OC[C@@H]2C(C)(C)O1. The van der Waals surface area contributed by atoms with E-state index in [4.69, 9.17) is 14.2 Å². The molecule has 3 heterocycles. The Bertz CT molecular complexity index is 1110. The van der Waals surface area contributed by atoms with Gasteiger partial charge in [-0.15, -0.1) is 0 Å². The van der Waals surface area contributed by atoms with E-state index >= 15 is 0 Å². The van der Waals surface area contributed by atoms with E-state index in [1.54, 1.807) is 18.6 Å². The minimum absolute atomic E-state index is 0.0194. The van der Waals surface area contributed by atoms with Crippen LogP contribution < -0.4 is 14.2 Å². The first kappa shape index (κ1) is 17.2. The molecule has 2 aromatic carbocycles. The van der Waals surface area contributed by atoms with Crippen molar-refractivity contribution in [1.29, 1.82) is 0 Å². The van der Waals surface area contributed by atoms with Gasteiger partial charge in [0, 0.05) is 29.7 Å². The Labute approximate surface area is 163 Å². The number of carbonyl (C=O) groups excluding carboxylic acids is 1. The first-order valence-electron chi connectivity index (χ1n) is 9.56. The smallest absolute Gasteiger partial charge is 0.228 e. The van der Waals surface area contributed by atoms with Crippen molar-refractivity contribution < 1.29 is 19.0 Å². The highest BCUT2D eigenvalue weighted by Crippen LogP contribution is 2.55. The molecule has 0 fully saturated rings. The number of carbonyl (C=O) groups is 1. The van der Waals surface area contributed by atoms with Crippen molar-refractivity contribution in [1.82, 2.24) is 4.57 Å². The molecule has 1 aromatic heterocycles. The lowest BCUT2D eigenvalue weighted by molar-refractivity contribution is -0.0142. The van der Waals surface area contributed by atoms with Gasteiger partial charge in [0.05, 0.1) is 24.9 Å². The third-order valence-corrected chi connectivity index (χ3v) is 6.11. The lowest BCUT2D eigenvalue weighted by atomic mass is 9.71. The Kier molecular flexibility index (Phi) is 3.54. The third-order valence-electron chi connectivity index (χ3n) is 6.11. The van der Waals surface area contributed by atoms with Crippen molar-refractivity contribution >= 4 is 16.8 Å². The number of ether oxygens (including phenoxy) is 3. The summed E-state index contributed by atoms with van der Waals surface area (Å²) in [4.78, 5) is 12.7. The zero-order valence-electron chi connectivity index (χ0n) is 16.5. The fourth-order valence-electron chi connectivity index (χ4n) is 4.76. The molecule has 5 nitrogen and oxygen atoms in total. The molecule has 5 rings (SSSR count). The summed E-state index contributed by atoms with van der Waals surface area (Å²) in [5.41, 5.74) is 2.42. The molecule has 0 bridgehead atoms. The molecule has 0 spiro atoms. The van der Waals surface area contributed by atoms with Crippen LogP contribution in [0.5, 0.6) is 17.2 Å². The fourth-order valence-corrected chi connectivity index (χ4v) is 4.76. The zero-order valence-corrected chi connectivity index (χ0v) is 16.5. The summed E-state index contributed by atoms with van der Waals surface area (Å²) >= 11 is 0. The Morgan fingerprint density at radius 3 is 2.75 bits per heavy atom. The molecule has 0 unspecified atom stereocenters. The average molecular weight is 377 g/mol. The first-order valence-corrected chi connectivity index (χ1v) is 9.56. The fraction of sp³-hybridized carbons (Fsp3) is 0.348. The normalized spacial score (nSPS) is 21.7. The number of hydrogen-bond donors (Lipinski definition) is 0. The number of fused-ring (bicyclic) bond motifs is 7. The highest BCUT2D eigenvalue weighted by molar-refractivity contribution is 5.98. The van der Waals surface area contributed by atoms with Crippen LogP contribution in [0, 0.1) is 5.92 Å². The van der Waals surface area contributed by atoms with Crippen LogP contribution in [-0.2, 0) is 0 Å². The van der Waals surface area contributed by atoms with Gasteiger partial charge in [-0.2, -0.15) is 0 Å². The van der Waals surface area contributed by atoms with Crippen molar-refractivity contribution in [2.75, 3.05) is 13.7 Å². The van der Waals surface area contributed by atoms with E-state index in [2.05, 4.69) is 19.9 Å². The maximum atomic E-state index is 12.7. The topological polar surface area (TPSA) is 49.7 Å². The predicted molar refractivity (Wildman–Crippen MR) is 107 cm³/mol. The highest BCUT2D eigenvalue weighted by atomic mass is 16.5. The second-order valence-corrected chi connectivity index (χ2v) is 8.09. The standard InChI is InChI=1S/C23H23NO4/c1-13(25)24-18-10-9-14(26-4)11-16(18)22-21(24)20-15-7-5-6-8-19(15)27-12-17(20)23(2,3)28-22/h5-11,17,20H,12H2,1-4H3/t17-,20+/m0/s1. The van der Waals surface area contributed by atoms with Gasteiger partial charge in [-0.05, 0) is 38.1 Å². The van der Waals surface area contributed by atoms with Crippen LogP contribution >= 0.6 is 0 Å².